The van der Waals surface area contributed by atoms with Crippen molar-refractivity contribution < 1.29 is 33.3 Å². The zero-order chi connectivity index (χ0) is 13.0. The van der Waals surface area contributed by atoms with Crippen molar-refractivity contribution in [3.05, 3.63) is 23.4 Å². The number of methoxy groups -OCH3 is 2. The fraction of sp³-hybridized carbons (Fsp3) is 0.300. The second-order valence-corrected chi connectivity index (χ2v) is 2.88. The van der Waals surface area contributed by atoms with Crippen molar-refractivity contribution in [3.8, 4) is 0 Å². The summed E-state index contributed by atoms with van der Waals surface area (Å²) in [5.41, 5.74) is 0. The van der Waals surface area contributed by atoms with Gasteiger partial charge in [-0.2, -0.15) is 0 Å². The summed E-state index contributed by atoms with van der Waals surface area (Å²) in [5, 5.41) is 0. The maximum atomic E-state index is 11.3. The van der Waals surface area contributed by atoms with Crippen LogP contribution in [0.5, 0.6) is 0 Å². The monoisotopic (exact) mass is 242 g/mol. The number of rotatable bonds is 3. The lowest BCUT2D eigenvalue weighted by Gasteiger charge is -2.01. The van der Waals surface area contributed by atoms with E-state index < -0.39 is 23.7 Å². The average Bonchev–Trinajstić information content (AvgIpc) is 2.54. The molecule has 0 aromatic carbocycles. The van der Waals surface area contributed by atoms with Gasteiger partial charge in [0.1, 0.15) is 0 Å². The number of carbonyl (C=O) groups is 3. The highest BCUT2D eigenvalue weighted by Gasteiger charge is 2.35. The van der Waals surface area contributed by atoms with Crippen LogP contribution in [0.3, 0.4) is 0 Å². The Morgan fingerprint density at radius 3 is 2.35 bits per heavy atom. The van der Waals surface area contributed by atoms with E-state index in [0.717, 1.165) is 13.0 Å². The van der Waals surface area contributed by atoms with E-state index in [1.807, 2.05) is 0 Å². The van der Waals surface area contributed by atoms with E-state index in [2.05, 4.69) is 9.47 Å². The van der Waals surface area contributed by atoms with Crippen LogP contribution in [0.1, 0.15) is 6.92 Å². The molecule has 17 heavy (non-hydrogen) atoms. The lowest BCUT2D eigenvalue weighted by atomic mass is 10.3. The largest absolute Gasteiger partial charge is 0.490 e. The molecule has 0 aromatic heterocycles. The molecule has 0 N–H and O–H groups in total. The van der Waals surface area contributed by atoms with Gasteiger partial charge in [0.15, 0.2) is 5.76 Å². The Hall–Kier alpha value is -2.31. The maximum Gasteiger partial charge on any atom is 0.384 e. The number of carbonyl (C=O) groups excluding carboxylic acids is 3. The zero-order valence-corrected chi connectivity index (χ0v) is 9.44. The molecule has 0 saturated carbocycles. The van der Waals surface area contributed by atoms with Crippen LogP contribution >= 0.6 is 0 Å². The van der Waals surface area contributed by atoms with Gasteiger partial charge in [-0.05, 0) is 0 Å². The number of hydrogen-bond acceptors (Lipinski definition) is 7. The predicted molar refractivity (Wildman–Crippen MR) is 52.0 cm³/mol. The second kappa shape index (κ2) is 5.15. The lowest BCUT2D eigenvalue weighted by molar-refractivity contribution is -0.146. The summed E-state index contributed by atoms with van der Waals surface area (Å²) in [7, 11) is 2.41. The van der Waals surface area contributed by atoms with Crippen LogP contribution in [0.15, 0.2) is 23.4 Å². The molecular weight excluding hydrogens is 232 g/mol. The number of hydrogen-bond donors (Lipinski definition) is 0. The van der Waals surface area contributed by atoms with Crippen molar-refractivity contribution in [3.63, 3.8) is 0 Å². The quantitative estimate of drug-likeness (QED) is 0.391. The van der Waals surface area contributed by atoms with Gasteiger partial charge < -0.3 is 18.9 Å². The van der Waals surface area contributed by atoms with Crippen molar-refractivity contribution in [2.24, 2.45) is 0 Å². The van der Waals surface area contributed by atoms with E-state index >= 15 is 0 Å². The summed E-state index contributed by atoms with van der Waals surface area (Å²) in [6.45, 7) is 1.12. The molecule has 0 atom stereocenters. The smallest absolute Gasteiger partial charge is 0.384 e. The normalized spacial score (nSPS) is 16.9. The fourth-order valence-electron chi connectivity index (χ4n) is 1.08. The van der Waals surface area contributed by atoms with Crippen molar-refractivity contribution in [2.45, 2.75) is 6.92 Å². The molecule has 92 valence electrons. The number of cyclic esters (lactones) is 1. The maximum absolute atomic E-state index is 11.3. The summed E-state index contributed by atoms with van der Waals surface area (Å²) in [4.78, 5) is 33.1. The first-order valence-corrected chi connectivity index (χ1v) is 4.48. The fourth-order valence-corrected chi connectivity index (χ4v) is 1.08. The molecule has 0 radical (unpaired) electrons. The third-order valence-corrected chi connectivity index (χ3v) is 1.72. The Bertz CT molecular complexity index is 430. The molecule has 1 aliphatic rings. The number of ether oxygens (including phenoxy) is 4. The molecule has 1 heterocycles. The Balaban J connectivity index is 3.09. The van der Waals surface area contributed by atoms with Gasteiger partial charge in [-0.1, -0.05) is 0 Å². The van der Waals surface area contributed by atoms with E-state index in [4.69, 9.17) is 9.47 Å². The third-order valence-electron chi connectivity index (χ3n) is 1.72. The molecule has 1 aliphatic heterocycles. The van der Waals surface area contributed by atoms with Crippen molar-refractivity contribution in [1.29, 1.82) is 0 Å². The molecule has 0 aromatic rings. The highest BCUT2D eigenvalue weighted by atomic mass is 16.6. The van der Waals surface area contributed by atoms with Gasteiger partial charge in [0.2, 0.25) is 5.76 Å². The van der Waals surface area contributed by atoms with Gasteiger partial charge in [0.25, 0.3) is 5.76 Å². The Kier molecular flexibility index (Phi) is 3.86. The average molecular weight is 242 g/mol. The van der Waals surface area contributed by atoms with Gasteiger partial charge in [-0.25, -0.2) is 9.59 Å². The van der Waals surface area contributed by atoms with Crippen molar-refractivity contribution in [2.75, 3.05) is 14.2 Å². The minimum Gasteiger partial charge on any atom is -0.490 e. The van der Waals surface area contributed by atoms with Crippen LogP contribution in [0.25, 0.3) is 0 Å². The minimum atomic E-state index is -0.910. The Morgan fingerprint density at radius 1 is 1.24 bits per heavy atom. The van der Waals surface area contributed by atoms with Gasteiger partial charge in [-0.15, -0.1) is 0 Å². The van der Waals surface area contributed by atoms with E-state index in [1.165, 1.54) is 14.2 Å². The molecule has 1 rings (SSSR count). The van der Waals surface area contributed by atoms with E-state index in [9.17, 15) is 14.4 Å². The highest BCUT2D eigenvalue weighted by Crippen LogP contribution is 2.27. The summed E-state index contributed by atoms with van der Waals surface area (Å²) < 4.78 is 18.5. The zero-order valence-electron chi connectivity index (χ0n) is 9.44. The molecule has 0 spiro atoms. The van der Waals surface area contributed by atoms with Crippen LogP contribution in [-0.2, 0) is 33.3 Å². The molecule has 0 aliphatic carbocycles. The Morgan fingerprint density at radius 2 is 1.88 bits per heavy atom. The standard InChI is InChI=1S/C10H10O7/c1-5(11)16-9-8(15-3)6(17-10(9)13)4-7(12)14-2/h4H,1-3H3/b6-4-. The first-order chi connectivity index (χ1) is 7.99. The van der Waals surface area contributed by atoms with Gasteiger partial charge >= 0.3 is 17.9 Å². The Labute approximate surface area is 96.6 Å². The van der Waals surface area contributed by atoms with Crippen LogP contribution < -0.4 is 0 Å². The molecule has 0 saturated heterocycles. The highest BCUT2D eigenvalue weighted by molar-refractivity contribution is 5.95. The molecule has 0 amide bonds. The van der Waals surface area contributed by atoms with Crippen LogP contribution in [0.2, 0.25) is 0 Å². The molecular formula is C10H10O7. The third kappa shape index (κ3) is 2.83. The summed E-state index contributed by atoms with van der Waals surface area (Å²) in [6.07, 6.45) is 0.910. The van der Waals surface area contributed by atoms with E-state index in [0.29, 0.717) is 0 Å². The summed E-state index contributed by atoms with van der Waals surface area (Å²) in [5.74, 6) is -3.03. The SMILES string of the molecule is COC(=O)/C=C1\OC(=O)C(OC(C)=O)=C1OC. The first-order valence-electron chi connectivity index (χ1n) is 4.48. The van der Waals surface area contributed by atoms with Gasteiger partial charge in [0.05, 0.1) is 20.3 Å². The summed E-state index contributed by atoms with van der Waals surface area (Å²) in [6, 6.07) is 0. The predicted octanol–water partition coefficient (Wildman–Crippen LogP) is 0.0212. The second-order valence-electron chi connectivity index (χ2n) is 2.88. The molecule has 0 fully saturated rings. The minimum absolute atomic E-state index is 0.129. The molecule has 0 unspecified atom stereocenters. The van der Waals surface area contributed by atoms with E-state index in [-0.39, 0.29) is 11.5 Å². The van der Waals surface area contributed by atoms with Crippen molar-refractivity contribution in [1.82, 2.24) is 0 Å². The topological polar surface area (TPSA) is 88.1 Å². The van der Waals surface area contributed by atoms with Crippen molar-refractivity contribution >= 4 is 17.9 Å². The van der Waals surface area contributed by atoms with Crippen LogP contribution in [0.4, 0.5) is 0 Å². The first kappa shape index (κ1) is 12.8. The van der Waals surface area contributed by atoms with Gasteiger partial charge in [0, 0.05) is 6.92 Å². The molecule has 0 bridgehead atoms. The van der Waals surface area contributed by atoms with E-state index in [1.54, 1.807) is 0 Å². The van der Waals surface area contributed by atoms with Gasteiger partial charge in [-0.3, -0.25) is 4.79 Å². The molecule has 7 heteroatoms. The van der Waals surface area contributed by atoms with Crippen LogP contribution in [-0.4, -0.2) is 32.1 Å². The lowest BCUT2D eigenvalue weighted by Crippen LogP contribution is -2.07. The van der Waals surface area contributed by atoms with Crippen LogP contribution in [0, 0.1) is 0 Å². The number of esters is 3. The molecule has 7 nitrogen and oxygen atoms in total. The summed E-state index contributed by atoms with van der Waals surface area (Å²) >= 11 is 0.